The fourth-order valence-corrected chi connectivity index (χ4v) is 3.77. The van der Waals surface area contributed by atoms with Crippen LogP contribution in [-0.2, 0) is 21.4 Å². The molecule has 0 saturated carbocycles. The second-order valence-electron chi connectivity index (χ2n) is 6.81. The van der Waals surface area contributed by atoms with Gasteiger partial charge in [0.25, 0.3) is 5.56 Å². The number of aromatic nitrogens is 1. The van der Waals surface area contributed by atoms with E-state index in [-0.39, 0.29) is 17.5 Å². The van der Waals surface area contributed by atoms with Gasteiger partial charge in [-0.1, -0.05) is 6.07 Å². The predicted molar refractivity (Wildman–Crippen MR) is 106 cm³/mol. The minimum absolute atomic E-state index is 0.0604. The standard InChI is InChI=1S/C19H23N3O6S/c1-13(14-4-6-16-17(10-14)28-9-8-27-16)20-18(23)12-22-11-15(5-7-19(22)24)29(25,26)21(2)3/h4-7,10-11,13H,8-9,12H2,1-3H3,(H,20,23)/t13-/m0/s1. The van der Waals surface area contributed by atoms with Crippen molar-refractivity contribution in [2.75, 3.05) is 27.3 Å². The Morgan fingerprint density at radius 3 is 2.55 bits per heavy atom. The molecule has 0 fully saturated rings. The average Bonchev–Trinajstić information content (AvgIpc) is 2.68. The SMILES string of the molecule is C[C@H](NC(=O)Cn1cc(S(=O)(=O)N(C)C)ccc1=O)c1ccc2c(c1)OCCO2. The van der Waals surface area contributed by atoms with E-state index in [9.17, 15) is 18.0 Å². The average molecular weight is 421 g/mol. The molecule has 0 saturated heterocycles. The third kappa shape index (κ3) is 4.60. The van der Waals surface area contributed by atoms with Gasteiger partial charge >= 0.3 is 0 Å². The normalized spacial score (nSPS) is 14.5. The number of sulfonamides is 1. The number of amides is 1. The van der Waals surface area contributed by atoms with Crippen LogP contribution in [-0.4, -0.2) is 50.5 Å². The van der Waals surface area contributed by atoms with Gasteiger partial charge in [0.15, 0.2) is 11.5 Å². The molecule has 1 aliphatic rings. The van der Waals surface area contributed by atoms with E-state index in [1.807, 2.05) is 6.07 Å². The highest BCUT2D eigenvalue weighted by Crippen LogP contribution is 2.32. The van der Waals surface area contributed by atoms with Crippen molar-refractivity contribution < 1.29 is 22.7 Å². The van der Waals surface area contributed by atoms with Crippen molar-refractivity contribution in [1.29, 1.82) is 0 Å². The Hall–Kier alpha value is -2.85. The molecule has 3 rings (SSSR count). The van der Waals surface area contributed by atoms with Crippen molar-refractivity contribution in [1.82, 2.24) is 14.2 Å². The lowest BCUT2D eigenvalue weighted by atomic mass is 10.1. The molecule has 1 N–H and O–H groups in total. The Kier molecular flexibility index (Phi) is 5.94. The number of rotatable bonds is 6. The van der Waals surface area contributed by atoms with Gasteiger partial charge in [-0.3, -0.25) is 9.59 Å². The first-order chi connectivity index (χ1) is 13.7. The minimum atomic E-state index is -3.71. The Morgan fingerprint density at radius 2 is 1.86 bits per heavy atom. The maximum atomic E-state index is 12.4. The lowest BCUT2D eigenvalue weighted by molar-refractivity contribution is -0.122. The molecule has 0 unspecified atom stereocenters. The number of benzene rings is 1. The smallest absolute Gasteiger partial charge is 0.251 e. The summed E-state index contributed by atoms with van der Waals surface area (Å²) in [5.41, 5.74) is 0.351. The van der Waals surface area contributed by atoms with Crippen LogP contribution in [0.2, 0.25) is 0 Å². The molecule has 156 valence electrons. The summed E-state index contributed by atoms with van der Waals surface area (Å²) in [6.45, 7) is 2.46. The highest BCUT2D eigenvalue weighted by molar-refractivity contribution is 7.89. The molecule has 1 aromatic heterocycles. The lowest BCUT2D eigenvalue weighted by Crippen LogP contribution is -2.34. The maximum absolute atomic E-state index is 12.4. The second kappa shape index (κ2) is 8.26. The molecular weight excluding hydrogens is 398 g/mol. The molecule has 1 aromatic carbocycles. The molecule has 0 bridgehead atoms. The van der Waals surface area contributed by atoms with Gasteiger partial charge < -0.3 is 19.4 Å². The fraction of sp³-hybridized carbons (Fsp3) is 0.368. The van der Waals surface area contributed by atoms with Crippen molar-refractivity contribution >= 4 is 15.9 Å². The van der Waals surface area contributed by atoms with Crippen molar-refractivity contribution in [2.24, 2.45) is 0 Å². The first-order valence-corrected chi connectivity index (χ1v) is 10.4. The number of pyridine rings is 1. The van der Waals surface area contributed by atoms with Crippen LogP contribution < -0.4 is 20.3 Å². The molecule has 1 atom stereocenters. The Morgan fingerprint density at radius 1 is 1.17 bits per heavy atom. The van der Waals surface area contributed by atoms with Crippen LogP contribution in [0.3, 0.4) is 0 Å². The van der Waals surface area contributed by atoms with Crippen LogP contribution in [0.5, 0.6) is 11.5 Å². The van der Waals surface area contributed by atoms with E-state index in [0.717, 1.165) is 20.5 Å². The molecule has 29 heavy (non-hydrogen) atoms. The lowest BCUT2D eigenvalue weighted by Gasteiger charge is -2.21. The number of hydrogen-bond acceptors (Lipinski definition) is 6. The van der Waals surface area contributed by atoms with Crippen LogP contribution in [0.1, 0.15) is 18.5 Å². The molecule has 1 amide bonds. The van der Waals surface area contributed by atoms with Gasteiger partial charge in [0, 0.05) is 26.4 Å². The first-order valence-electron chi connectivity index (χ1n) is 9.00. The summed E-state index contributed by atoms with van der Waals surface area (Å²) in [6.07, 6.45) is 1.17. The molecular formula is C19H23N3O6S. The summed E-state index contributed by atoms with van der Waals surface area (Å²) < 4.78 is 37.6. The summed E-state index contributed by atoms with van der Waals surface area (Å²) in [5.74, 6) is 0.852. The van der Waals surface area contributed by atoms with E-state index < -0.39 is 21.5 Å². The van der Waals surface area contributed by atoms with E-state index in [1.54, 1.807) is 19.1 Å². The fourth-order valence-electron chi connectivity index (χ4n) is 2.85. The second-order valence-corrected chi connectivity index (χ2v) is 8.96. The Bertz CT molecular complexity index is 1080. The number of hydrogen-bond donors (Lipinski definition) is 1. The van der Waals surface area contributed by atoms with E-state index in [4.69, 9.17) is 9.47 Å². The van der Waals surface area contributed by atoms with Gasteiger partial charge in [-0.2, -0.15) is 0 Å². The molecule has 2 aromatic rings. The molecule has 0 aliphatic carbocycles. The number of nitrogens with zero attached hydrogens (tertiary/aromatic N) is 2. The summed E-state index contributed by atoms with van der Waals surface area (Å²) in [6, 6.07) is 7.43. The van der Waals surface area contributed by atoms with Crippen molar-refractivity contribution in [3.05, 3.63) is 52.4 Å². The molecule has 1 aliphatic heterocycles. The number of nitrogens with one attached hydrogen (secondary N) is 1. The zero-order chi connectivity index (χ0) is 21.2. The molecule has 2 heterocycles. The third-order valence-electron chi connectivity index (χ3n) is 4.49. The highest BCUT2D eigenvalue weighted by atomic mass is 32.2. The van der Waals surface area contributed by atoms with E-state index in [0.29, 0.717) is 24.7 Å². The number of ether oxygens (including phenoxy) is 2. The molecule has 0 radical (unpaired) electrons. The van der Waals surface area contributed by atoms with Crippen LogP contribution in [0, 0.1) is 0 Å². The topological polar surface area (TPSA) is 107 Å². The minimum Gasteiger partial charge on any atom is -0.486 e. The quantitative estimate of drug-likeness (QED) is 0.738. The van der Waals surface area contributed by atoms with Gasteiger partial charge in [0.1, 0.15) is 19.8 Å². The third-order valence-corrected chi connectivity index (χ3v) is 6.29. The summed E-state index contributed by atoms with van der Waals surface area (Å²) >= 11 is 0. The largest absolute Gasteiger partial charge is 0.486 e. The maximum Gasteiger partial charge on any atom is 0.251 e. The van der Waals surface area contributed by atoms with Gasteiger partial charge in [0.2, 0.25) is 15.9 Å². The van der Waals surface area contributed by atoms with Crippen LogP contribution in [0.15, 0.2) is 46.2 Å². The summed E-state index contributed by atoms with van der Waals surface area (Å²) in [4.78, 5) is 24.4. The molecule has 9 nitrogen and oxygen atoms in total. The van der Waals surface area contributed by atoms with Crippen molar-refractivity contribution in [2.45, 2.75) is 24.4 Å². The first kappa shape index (κ1) is 20.9. The Labute approximate surface area is 168 Å². The van der Waals surface area contributed by atoms with Gasteiger partial charge in [-0.15, -0.1) is 0 Å². The molecule has 0 spiro atoms. The van der Waals surface area contributed by atoms with Crippen LogP contribution in [0.25, 0.3) is 0 Å². The molecule has 10 heteroatoms. The van der Waals surface area contributed by atoms with Gasteiger partial charge in [-0.05, 0) is 30.7 Å². The zero-order valence-corrected chi connectivity index (χ0v) is 17.2. The van der Waals surface area contributed by atoms with E-state index in [1.165, 1.54) is 26.4 Å². The monoisotopic (exact) mass is 421 g/mol. The summed E-state index contributed by atoms with van der Waals surface area (Å²) in [5, 5.41) is 2.80. The number of fused-ring (bicyclic) bond motifs is 1. The predicted octanol–water partition coefficient (Wildman–Crippen LogP) is 0.747. The highest BCUT2D eigenvalue weighted by Gasteiger charge is 2.20. The van der Waals surface area contributed by atoms with Crippen molar-refractivity contribution in [3.8, 4) is 11.5 Å². The van der Waals surface area contributed by atoms with Crippen LogP contribution >= 0.6 is 0 Å². The van der Waals surface area contributed by atoms with E-state index >= 15 is 0 Å². The van der Waals surface area contributed by atoms with Crippen LogP contribution in [0.4, 0.5) is 0 Å². The zero-order valence-electron chi connectivity index (χ0n) is 16.4. The van der Waals surface area contributed by atoms with Crippen molar-refractivity contribution in [3.63, 3.8) is 0 Å². The summed E-state index contributed by atoms with van der Waals surface area (Å²) in [7, 11) is -0.920. The van der Waals surface area contributed by atoms with E-state index in [2.05, 4.69) is 5.32 Å². The number of carbonyl (C=O) groups excluding carboxylic acids is 1. The van der Waals surface area contributed by atoms with Gasteiger partial charge in [-0.25, -0.2) is 12.7 Å². The number of carbonyl (C=O) groups is 1. The Balaban J connectivity index is 1.73. The van der Waals surface area contributed by atoms with Gasteiger partial charge in [0.05, 0.1) is 10.9 Å².